The van der Waals surface area contributed by atoms with Crippen molar-refractivity contribution in [1.29, 1.82) is 0 Å². The highest BCUT2D eigenvalue weighted by Gasteiger charge is 2.46. The van der Waals surface area contributed by atoms with Crippen molar-refractivity contribution >= 4 is 27.6 Å². The second-order valence-corrected chi connectivity index (χ2v) is 11.4. The van der Waals surface area contributed by atoms with E-state index in [0.717, 1.165) is 11.3 Å². The van der Waals surface area contributed by atoms with Crippen LogP contribution in [-0.2, 0) is 17.8 Å². The highest BCUT2D eigenvalue weighted by Crippen LogP contribution is 2.44. The predicted octanol–water partition coefficient (Wildman–Crippen LogP) is 3.69. The number of amides is 1. The number of nitrogens with one attached hydrogen (secondary N) is 2. The average Bonchev–Trinajstić information content (AvgIpc) is 3.26. The molecule has 2 heterocycles. The van der Waals surface area contributed by atoms with E-state index in [-0.39, 0.29) is 49.4 Å². The maximum atomic E-state index is 13.4. The Balaban J connectivity index is 1.65. The first kappa shape index (κ1) is 23.9. The minimum atomic E-state index is -2.68. The van der Waals surface area contributed by atoms with Crippen molar-refractivity contribution in [2.24, 2.45) is 11.8 Å². The Labute approximate surface area is 193 Å². The first-order chi connectivity index (χ1) is 15.3. The molecule has 0 aliphatic heterocycles. The molecule has 2 N–H and O–H groups in total. The molecule has 11 heteroatoms. The summed E-state index contributed by atoms with van der Waals surface area (Å²) in [4.78, 5) is 39.7. The van der Waals surface area contributed by atoms with Crippen LogP contribution < -0.4 is 22.1 Å². The summed E-state index contributed by atoms with van der Waals surface area (Å²) < 4.78 is 34.8. The number of halogens is 2. The van der Waals surface area contributed by atoms with Gasteiger partial charge in [-0.2, -0.15) is 0 Å². The standard InChI is InChI=1S/C22H30F2N4O4S/c1-11-6-14(11)28-17(29)16-12(2)15(9-25-26-19(30)32-21(3,4)5)33-18(16)27(20(28)31)10-13-7-22(23,24)8-13/h11,13-14,25H,6-10H2,1-5H3,(H,26,30)/t11-,14-/m0/s1. The zero-order valence-electron chi connectivity index (χ0n) is 19.5. The summed E-state index contributed by atoms with van der Waals surface area (Å²) in [5.41, 5.74) is 4.58. The number of aromatic nitrogens is 2. The van der Waals surface area contributed by atoms with Crippen molar-refractivity contribution in [3.63, 3.8) is 0 Å². The van der Waals surface area contributed by atoms with Gasteiger partial charge in [-0.05, 0) is 51.5 Å². The van der Waals surface area contributed by atoms with Crippen LogP contribution in [0.3, 0.4) is 0 Å². The molecule has 2 fully saturated rings. The molecule has 2 saturated carbocycles. The van der Waals surface area contributed by atoms with Gasteiger partial charge in [-0.3, -0.25) is 19.4 Å². The van der Waals surface area contributed by atoms with E-state index in [1.54, 1.807) is 27.7 Å². The summed E-state index contributed by atoms with van der Waals surface area (Å²) in [6.45, 7) is 9.44. The number of ether oxygens (including phenoxy) is 1. The van der Waals surface area contributed by atoms with Gasteiger partial charge in [0.2, 0.25) is 5.92 Å². The number of hydrogen-bond donors (Lipinski definition) is 2. The van der Waals surface area contributed by atoms with Crippen LogP contribution in [0, 0.1) is 18.8 Å². The van der Waals surface area contributed by atoms with Crippen LogP contribution in [-0.4, -0.2) is 26.8 Å². The van der Waals surface area contributed by atoms with Gasteiger partial charge in [-0.25, -0.2) is 23.8 Å². The highest BCUT2D eigenvalue weighted by atomic mass is 32.1. The summed E-state index contributed by atoms with van der Waals surface area (Å²) in [5, 5.41) is 0.443. The van der Waals surface area contributed by atoms with Crippen molar-refractivity contribution in [2.45, 2.75) is 84.5 Å². The van der Waals surface area contributed by atoms with E-state index in [1.165, 1.54) is 20.5 Å². The Kier molecular flexibility index (Phi) is 5.93. The van der Waals surface area contributed by atoms with Crippen LogP contribution in [0.15, 0.2) is 9.59 Å². The van der Waals surface area contributed by atoms with Gasteiger partial charge < -0.3 is 4.74 Å². The van der Waals surface area contributed by atoms with Gasteiger partial charge in [0.1, 0.15) is 10.4 Å². The molecule has 0 radical (unpaired) electrons. The molecule has 2 aliphatic carbocycles. The van der Waals surface area contributed by atoms with E-state index >= 15 is 0 Å². The van der Waals surface area contributed by atoms with Crippen molar-refractivity contribution < 1.29 is 18.3 Å². The first-order valence-electron chi connectivity index (χ1n) is 11.1. The van der Waals surface area contributed by atoms with E-state index in [0.29, 0.717) is 15.8 Å². The third-order valence-electron chi connectivity index (χ3n) is 6.19. The summed E-state index contributed by atoms with van der Waals surface area (Å²) in [5.74, 6) is -2.76. The largest absolute Gasteiger partial charge is 0.443 e. The lowest BCUT2D eigenvalue weighted by atomic mass is 9.81. The lowest BCUT2D eigenvalue weighted by Crippen LogP contribution is -2.44. The predicted molar refractivity (Wildman–Crippen MR) is 122 cm³/mol. The quantitative estimate of drug-likeness (QED) is 0.610. The van der Waals surface area contributed by atoms with E-state index < -0.39 is 23.3 Å². The zero-order chi connectivity index (χ0) is 24.3. The van der Waals surface area contributed by atoms with Crippen LogP contribution in [0.1, 0.15) is 63.4 Å². The molecule has 33 heavy (non-hydrogen) atoms. The number of hydrogen-bond acceptors (Lipinski definition) is 6. The number of fused-ring (bicyclic) bond motifs is 1. The van der Waals surface area contributed by atoms with Gasteiger partial charge in [0.05, 0.1) is 5.39 Å². The monoisotopic (exact) mass is 484 g/mol. The number of carbonyl (C=O) groups excluding carboxylic acids is 1. The van der Waals surface area contributed by atoms with Gasteiger partial charge in [0.15, 0.2) is 0 Å². The van der Waals surface area contributed by atoms with E-state index in [4.69, 9.17) is 4.74 Å². The number of nitrogens with zero attached hydrogens (tertiary/aromatic N) is 2. The summed E-state index contributed by atoms with van der Waals surface area (Å²) in [6, 6.07) is -0.154. The maximum absolute atomic E-state index is 13.4. The molecular weight excluding hydrogens is 454 g/mol. The van der Waals surface area contributed by atoms with Crippen molar-refractivity contribution in [3.8, 4) is 0 Å². The Morgan fingerprint density at radius 2 is 1.91 bits per heavy atom. The van der Waals surface area contributed by atoms with Crippen LogP contribution in [0.25, 0.3) is 10.2 Å². The highest BCUT2D eigenvalue weighted by molar-refractivity contribution is 7.18. The smallest absolute Gasteiger partial charge is 0.422 e. The molecule has 0 aromatic carbocycles. The Morgan fingerprint density at radius 1 is 1.27 bits per heavy atom. The first-order valence-corrected chi connectivity index (χ1v) is 12.0. The Morgan fingerprint density at radius 3 is 2.45 bits per heavy atom. The normalized spacial score (nSPS) is 22.3. The van der Waals surface area contributed by atoms with Gasteiger partial charge in [-0.15, -0.1) is 11.3 Å². The van der Waals surface area contributed by atoms with Gasteiger partial charge in [0, 0.05) is 36.9 Å². The van der Waals surface area contributed by atoms with Crippen LogP contribution in [0.4, 0.5) is 13.6 Å². The van der Waals surface area contributed by atoms with Gasteiger partial charge >= 0.3 is 11.8 Å². The second kappa shape index (κ2) is 8.19. The topological polar surface area (TPSA) is 94.4 Å². The summed E-state index contributed by atoms with van der Waals surface area (Å²) in [6.07, 6.45) is -0.384. The van der Waals surface area contributed by atoms with Crippen molar-refractivity contribution in [1.82, 2.24) is 20.0 Å². The zero-order valence-corrected chi connectivity index (χ0v) is 20.3. The molecule has 4 rings (SSSR count). The minimum Gasteiger partial charge on any atom is -0.443 e. The molecule has 0 saturated heterocycles. The summed E-state index contributed by atoms with van der Waals surface area (Å²) in [7, 11) is 0. The Hall–Kier alpha value is -2.27. The summed E-state index contributed by atoms with van der Waals surface area (Å²) >= 11 is 1.27. The van der Waals surface area contributed by atoms with Crippen LogP contribution >= 0.6 is 11.3 Å². The molecule has 2 aromatic rings. The lowest BCUT2D eigenvalue weighted by Gasteiger charge is -2.35. The maximum Gasteiger partial charge on any atom is 0.422 e. The average molecular weight is 485 g/mol. The van der Waals surface area contributed by atoms with Gasteiger partial charge in [-0.1, -0.05) is 6.92 Å². The fraction of sp³-hybridized carbons (Fsp3) is 0.682. The molecule has 2 aliphatic rings. The SMILES string of the molecule is Cc1c(CNNC(=O)OC(C)(C)C)sc2c1c(=O)n([C@H]1C[C@@H]1C)c(=O)n2CC1CC(F)(F)C1. The van der Waals surface area contributed by atoms with Crippen molar-refractivity contribution in [2.75, 3.05) is 0 Å². The molecule has 2 aromatic heterocycles. The molecule has 0 bridgehead atoms. The fourth-order valence-corrected chi connectivity index (χ4v) is 5.61. The molecule has 0 unspecified atom stereocenters. The molecule has 8 nitrogen and oxygen atoms in total. The molecule has 1 amide bonds. The van der Waals surface area contributed by atoms with Gasteiger partial charge in [0.25, 0.3) is 5.56 Å². The third-order valence-corrected chi connectivity index (χ3v) is 7.51. The number of thiophene rings is 1. The Bertz CT molecular complexity index is 1200. The van der Waals surface area contributed by atoms with E-state index in [1.807, 2.05) is 6.92 Å². The molecular formula is C22H30F2N4O4S. The minimum absolute atomic E-state index is 0.154. The van der Waals surface area contributed by atoms with Crippen molar-refractivity contribution in [3.05, 3.63) is 31.3 Å². The number of aryl methyl sites for hydroxylation is 1. The second-order valence-electron chi connectivity index (χ2n) is 10.3. The number of rotatable bonds is 6. The number of hydrazine groups is 1. The lowest BCUT2D eigenvalue weighted by molar-refractivity contribution is -0.114. The number of alkyl halides is 2. The van der Waals surface area contributed by atoms with E-state index in [9.17, 15) is 23.2 Å². The van der Waals surface area contributed by atoms with E-state index in [2.05, 4.69) is 10.9 Å². The molecule has 2 atom stereocenters. The molecule has 0 spiro atoms. The van der Waals surface area contributed by atoms with Crippen LogP contribution in [0.5, 0.6) is 0 Å². The fourth-order valence-electron chi connectivity index (χ4n) is 4.37. The van der Waals surface area contributed by atoms with Crippen LogP contribution in [0.2, 0.25) is 0 Å². The number of carbonyl (C=O) groups is 1. The molecule has 182 valence electrons. The third kappa shape index (κ3) is 4.84.